The third-order valence-corrected chi connectivity index (χ3v) is 1.85. The van der Waals surface area contributed by atoms with Gasteiger partial charge in [0.05, 0.1) is 12.2 Å². The molecule has 0 aliphatic rings. The number of aliphatic hydroxyl groups is 1. The van der Waals surface area contributed by atoms with Crippen LogP contribution in [0.3, 0.4) is 0 Å². The molecule has 1 aromatic rings. The topological polar surface area (TPSA) is 58.6 Å². The van der Waals surface area contributed by atoms with Crippen molar-refractivity contribution >= 4 is 5.91 Å². The number of aliphatic hydroxyl groups excluding tert-OH is 1. The van der Waals surface area contributed by atoms with Crippen molar-refractivity contribution in [1.29, 1.82) is 0 Å². The van der Waals surface area contributed by atoms with Gasteiger partial charge in [0.2, 0.25) is 0 Å². The van der Waals surface area contributed by atoms with Gasteiger partial charge in [-0.25, -0.2) is 5.48 Å². The molecule has 0 aliphatic heterocycles. The quantitative estimate of drug-likeness (QED) is 0.766. The molecule has 0 atom stereocenters. The van der Waals surface area contributed by atoms with Crippen LogP contribution in [-0.2, 0) is 11.4 Å². The maximum absolute atomic E-state index is 11.6. The lowest BCUT2D eigenvalue weighted by Gasteiger charge is -2.18. The Hall–Kier alpha value is -1.39. The molecule has 0 unspecified atom stereocenters. The highest BCUT2D eigenvalue weighted by atomic mass is 16.7. The Labute approximate surface area is 95.2 Å². The molecular formula is C12H17NO3. The Kier molecular flexibility index (Phi) is 4.04. The smallest absolute Gasteiger partial charge is 0.274 e. The zero-order valence-electron chi connectivity index (χ0n) is 9.78. The fraction of sp³-hybridized carbons (Fsp3) is 0.417. The van der Waals surface area contributed by atoms with Crippen molar-refractivity contribution in [2.75, 3.05) is 0 Å². The Balaban J connectivity index is 2.59. The van der Waals surface area contributed by atoms with Crippen molar-refractivity contribution in [2.24, 2.45) is 0 Å². The summed E-state index contributed by atoms with van der Waals surface area (Å²) >= 11 is 0. The lowest BCUT2D eigenvalue weighted by molar-refractivity contribution is -0.0589. The fourth-order valence-corrected chi connectivity index (χ4v) is 1.02. The highest BCUT2D eigenvalue weighted by molar-refractivity contribution is 5.93. The Bertz CT molecular complexity index is 352. The molecule has 1 aromatic carbocycles. The first-order valence-corrected chi connectivity index (χ1v) is 5.10. The van der Waals surface area contributed by atoms with Crippen LogP contribution in [-0.4, -0.2) is 16.6 Å². The van der Waals surface area contributed by atoms with Gasteiger partial charge in [-0.15, -0.1) is 0 Å². The highest BCUT2D eigenvalue weighted by Crippen LogP contribution is 2.07. The normalized spacial score (nSPS) is 11.2. The predicted octanol–water partition coefficient (Wildman–Crippen LogP) is 1.64. The molecule has 0 saturated heterocycles. The molecule has 1 amide bonds. The molecule has 16 heavy (non-hydrogen) atoms. The average molecular weight is 223 g/mol. The molecule has 0 radical (unpaired) electrons. The summed E-state index contributed by atoms with van der Waals surface area (Å²) in [5, 5.41) is 8.85. The van der Waals surface area contributed by atoms with E-state index in [2.05, 4.69) is 5.48 Å². The lowest BCUT2D eigenvalue weighted by atomic mass is 10.1. The molecule has 0 saturated carbocycles. The zero-order valence-corrected chi connectivity index (χ0v) is 9.78. The van der Waals surface area contributed by atoms with Gasteiger partial charge in [0, 0.05) is 5.56 Å². The SMILES string of the molecule is CC(C)(C)ONC(=O)c1ccc(CO)cc1. The van der Waals surface area contributed by atoms with Crippen LogP contribution in [0.5, 0.6) is 0 Å². The maximum Gasteiger partial charge on any atom is 0.274 e. The van der Waals surface area contributed by atoms with Crippen LogP contribution in [0.15, 0.2) is 24.3 Å². The number of carbonyl (C=O) groups excluding carboxylic acids is 1. The van der Waals surface area contributed by atoms with Crippen LogP contribution in [0, 0.1) is 0 Å². The van der Waals surface area contributed by atoms with Gasteiger partial charge in [-0.2, -0.15) is 0 Å². The summed E-state index contributed by atoms with van der Waals surface area (Å²) in [5.41, 5.74) is 3.23. The number of hydroxylamine groups is 1. The van der Waals surface area contributed by atoms with Gasteiger partial charge < -0.3 is 5.11 Å². The van der Waals surface area contributed by atoms with E-state index < -0.39 is 5.60 Å². The van der Waals surface area contributed by atoms with Gasteiger partial charge in [0.15, 0.2) is 0 Å². The number of benzene rings is 1. The van der Waals surface area contributed by atoms with E-state index in [1.807, 2.05) is 20.8 Å². The van der Waals surface area contributed by atoms with Crippen molar-refractivity contribution in [1.82, 2.24) is 5.48 Å². The zero-order chi connectivity index (χ0) is 12.2. The van der Waals surface area contributed by atoms with E-state index in [0.717, 1.165) is 5.56 Å². The third-order valence-electron chi connectivity index (χ3n) is 1.85. The van der Waals surface area contributed by atoms with E-state index >= 15 is 0 Å². The number of rotatable bonds is 3. The number of hydrogen-bond donors (Lipinski definition) is 2. The standard InChI is InChI=1S/C12H17NO3/c1-12(2,3)16-13-11(15)10-6-4-9(8-14)5-7-10/h4-7,14H,8H2,1-3H3,(H,13,15). The van der Waals surface area contributed by atoms with E-state index in [4.69, 9.17) is 9.94 Å². The van der Waals surface area contributed by atoms with Crippen LogP contribution in [0.25, 0.3) is 0 Å². The summed E-state index contributed by atoms with van der Waals surface area (Å²) in [5.74, 6) is -0.292. The molecule has 0 aliphatic carbocycles. The molecule has 0 bridgehead atoms. The van der Waals surface area contributed by atoms with Gasteiger partial charge >= 0.3 is 0 Å². The lowest BCUT2D eigenvalue weighted by Crippen LogP contribution is -2.33. The second-order valence-electron chi connectivity index (χ2n) is 4.50. The van der Waals surface area contributed by atoms with Crippen LogP contribution in [0.2, 0.25) is 0 Å². The monoisotopic (exact) mass is 223 g/mol. The molecule has 4 nitrogen and oxygen atoms in total. The summed E-state index contributed by atoms with van der Waals surface area (Å²) in [7, 11) is 0. The molecule has 88 valence electrons. The van der Waals surface area contributed by atoms with Gasteiger partial charge in [0.1, 0.15) is 0 Å². The molecule has 0 spiro atoms. The van der Waals surface area contributed by atoms with Gasteiger partial charge in [-0.3, -0.25) is 9.63 Å². The number of carbonyl (C=O) groups is 1. The van der Waals surface area contributed by atoms with E-state index in [9.17, 15) is 4.79 Å². The van der Waals surface area contributed by atoms with Crippen molar-refractivity contribution in [2.45, 2.75) is 33.0 Å². The maximum atomic E-state index is 11.6. The summed E-state index contributed by atoms with van der Waals surface area (Å²) in [6.45, 7) is 5.52. The van der Waals surface area contributed by atoms with Crippen molar-refractivity contribution in [3.05, 3.63) is 35.4 Å². The summed E-state index contributed by atoms with van der Waals surface area (Å²) in [6, 6.07) is 6.69. The Morgan fingerprint density at radius 1 is 1.31 bits per heavy atom. The molecule has 1 rings (SSSR count). The fourth-order valence-electron chi connectivity index (χ4n) is 1.02. The summed E-state index contributed by atoms with van der Waals surface area (Å²) in [6.07, 6.45) is 0. The first kappa shape index (κ1) is 12.7. The number of hydrogen-bond acceptors (Lipinski definition) is 3. The second kappa shape index (κ2) is 5.09. The summed E-state index contributed by atoms with van der Waals surface area (Å²) < 4.78 is 0. The third kappa shape index (κ3) is 4.00. The molecule has 4 heteroatoms. The predicted molar refractivity (Wildman–Crippen MR) is 60.7 cm³/mol. The Morgan fingerprint density at radius 3 is 2.31 bits per heavy atom. The number of nitrogens with one attached hydrogen (secondary N) is 1. The van der Waals surface area contributed by atoms with Crippen molar-refractivity contribution in [3.63, 3.8) is 0 Å². The average Bonchev–Trinajstić information content (AvgIpc) is 2.25. The molecule has 0 aromatic heterocycles. The largest absolute Gasteiger partial charge is 0.392 e. The van der Waals surface area contributed by atoms with E-state index in [1.165, 1.54) is 0 Å². The van der Waals surface area contributed by atoms with E-state index in [-0.39, 0.29) is 12.5 Å². The minimum absolute atomic E-state index is 0.0274. The van der Waals surface area contributed by atoms with Crippen molar-refractivity contribution < 1.29 is 14.7 Å². The van der Waals surface area contributed by atoms with Gasteiger partial charge in [-0.1, -0.05) is 12.1 Å². The Morgan fingerprint density at radius 2 is 1.88 bits per heavy atom. The van der Waals surface area contributed by atoms with Gasteiger partial charge in [-0.05, 0) is 38.5 Å². The molecule has 0 heterocycles. The molecular weight excluding hydrogens is 206 g/mol. The van der Waals surface area contributed by atoms with Crippen LogP contribution < -0.4 is 5.48 Å². The minimum atomic E-state index is -0.416. The first-order chi connectivity index (χ1) is 7.42. The second-order valence-corrected chi connectivity index (χ2v) is 4.50. The van der Waals surface area contributed by atoms with E-state index in [1.54, 1.807) is 24.3 Å². The molecule has 2 N–H and O–H groups in total. The van der Waals surface area contributed by atoms with E-state index in [0.29, 0.717) is 5.56 Å². The minimum Gasteiger partial charge on any atom is -0.392 e. The van der Waals surface area contributed by atoms with Gasteiger partial charge in [0.25, 0.3) is 5.91 Å². The van der Waals surface area contributed by atoms with Crippen LogP contribution in [0.4, 0.5) is 0 Å². The summed E-state index contributed by atoms with van der Waals surface area (Å²) in [4.78, 5) is 16.7. The molecule has 0 fully saturated rings. The van der Waals surface area contributed by atoms with Crippen LogP contribution >= 0.6 is 0 Å². The number of amides is 1. The van der Waals surface area contributed by atoms with Crippen molar-refractivity contribution in [3.8, 4) is 0 Å². The highest BCUT2D eigenvalue weighted by Gasteiger charge is 2.13. The van der Waals surface area contributed by atoms with Crippen LogP contribution in [0.1, 0.15) is 36.7 Å². The first-order valence-electron chi connectivity index (χ1n) is 5.10.